The Hall–Kier alpha value is -1.75. The summed E-state index contributed by atoms with van der Waals surface area (Å²) in [4.78, 5) is 11.2. The van der Waals surface area contributed by atoms with Crippen molar-refractivity contribution in [2.45, 2.75) is 19.5 Å². The molecule has 0 aromatic heterocycles. The molecule has 0 aliphatic rings. The molecule has 5 heteroatoms. The van der Waals surface area contributed by atoms with Crippen molar-refractivity contribution in [2.75, 3.05) is 21.3 Å². The zero-order valence-corrected chi connectivity index (χ0v) is 11.1. The maximum Gasteiger partial charge on any atom is 0.322 e. The zero-order chi connectivity index (χ0) is 13.5. The molecule has 18 heavy (non-hydrogen) atoms. The number of methoxy groups -OCH3 is 3. The van der Waals surface area contributed by atoms with Gasteiger partial charge in [0.1, 0.15) is 17.5 Å². The fourth-order valence-corrected chi connectivity index (χ4v) is 1.50. The minimum Gasteiger partial charge on any atom is -0.497 e. The van der Waals surface area contributed by atoms with Gasteiger partial charge in [0.05, 0.1) is 21.3 Å². The quantitative estimate of drug-likeness (QED) is 0.776. The van der Waals surface area contributed by atoms with Gasteiger partial charge in [0.2, 0.25) is 0 Å². The summed E-state index contributed by atoms with van der Waals surface area (Å²) >= 11 is 0. The van der Waals surface area contributed by atoms with Crippen LogP contribution in [-0.2, 0) is 16.1 Å². The summed E-state index contributed by atoms with van der Waals surface area (Å²) in [5.74, 6) is 1.15. The Bertz CT molecular complexity index is 384. The molecule has 0 heterocycles. The third kappa shape index (κ3) is 3.92. The summed E-state index contributed by atoms with van der Waals surface area (Å²) in [6, 6.07) is 5.22. The Morgan fingerprint density at radius 1 is 1.17 bits per heavy atom. The smallest absolute Gasteiger partial charge is 0.322 e. The van der Waals surface area contributed by atoms with Gasteiger partial charge in [-0.2, -0.15) is 0 Å². The van der Waals surface area contributed by atoms with Crippen LogP contribution in [0.3, 0.4) is 0 Å². The number of carbonyl (C=O) groups is 1. The van der Waals surface area contributed by atoms with Gasteiger partial charge >= 0.3 is 5.97 Å². The Labute approximate surface area is 107 Å². The van der Waals surface area contributed by atoms with Crippen LogP contribution >= 0.6 is 0 Å². The maximum atomic E-state index is 11.2. The molecule has 1 N–H and O–H groups in total. The number of ether oxygens (including phenoxy) is 3. The van der Waals surface area contributed by atoms with Gasteiger partial charge in [-0.05, 0) is 24.6 Å². The average molecular weight is 253 g/mol. The molecule has 0 fully saturated rings. The van der Waals surface area contributed by atoms with Crippen LogP contribution in [0.5, 0.6) is 11.5 Å². The van der Waals surface area contributed by atoms with E-state index >= 15 is 0 Å². The molecule has 0 aliphatic carbocycles. The van der Waals surface area contributed by atoms with Crippen LogP contribution in [-0.4, -0.2) is 33.3 Å². The van der Waals surface area contributed by atoms with Crippen molar-refractivity contribution in [3.63, 3.8) is 0 Å². The molecule has 100 valence electrons. The monoisotopic (exact) mass is 253 g/mol. The summed E-state index contributed by atoms with van der Waals surface area (Å²) in [5.41, 5.74) is 0.974. The van der Waals surface area contributed by atoms with Gasteiger partial charge in [0.15, 0.2) is 0 Å². The highest BCUT2D eigenvalue weighted by atomic mass is 16.5. The molecular weight excluding hydrogens is 234 g/mol. The van der Waals surface area contributed by atoms with Crippen molar-refractivity contribution in [3.8, 4) is 11.5 Å². The first-order valence-corrected chi connectivity index (χ1v) is 5.64. The molecule has 1 rings (SSSR count). The molecule has 0 amide bonds. The molecule has 0 spiro atoms. The molecule has 0 saturated heterocycles. The highest BCUT2D eigenvalue weighted by molar-refractivity contribution is 5.75. The van der Waals surface area contributed by atoms with Gasteiger partial charge in [-0.3, -0.25) is 4.79 Å². The van der Waals surface area contributed by atoms with Crippen LogP contribution < -0.4 is 14.8 Å². The van der Waals surface area contributed by atoms with Gasteiger partial charge in [0.25, 0.3) is 0 Å². The van der Waals surface area contributed by atoms with E-state index in [1.165, 1.54) is 7.11 Å². The summed E-state index contributed by atoms with van der Waals surface area (Å²) in [5, 5.41) is 3.07. The first-order valence-electron chi connectivity index (χ1n) is 5.64. The van der Waals surface area contributed by atoms with Gasteiger partial charge < -0.3 is 19.5 Å². The van der Waals surface area contributed by atoms with Crippen LogP contribution in [0.1, 0.15) is 12.5 Å². The van der Waals surface area contributed by atoms with Gasteiger partial charge in [-0.15, -0.1) is 0 Å². The lowest BCUT2D eigenvalue weighted by Crippen LogP contribution is -2.34. The van der Waals surface area contributed by atoms with Crippen molar-refractivity contribution < 1.29 is 19.0 Å². The second-order valence-electron chi connectivity index (χ2n) is 3.85. The van der Waals surface area contributed by atoms with Crippen LogP contribution in [0.2, 0.25) is 0 Å². The predicted octanol–water partition coefficient (Wildman–Crippen LogP) is 1.35. The summed E-state index contributed by atoms with van der Waals surface area (Å²) < 4.78 is 15.0. The number of hydrogen-bond donors (Lipinski definition) is 1. The van der Waals surface area contributed by atoms with E-state index in [0.717, 1.165) is 17.1 Å². The lowest BCUT2D eigenvalue weighted by atomic mass is 10.2. The molecule has 1 atom stereocenters. The third-order valence-corrected chi connectivity index (χ3v) is 2.58. The summed E-state index contributed by atoms with van der Waals surface area (Å²) in [6.45, 7) is 2.28. The van der Waals surface area contributed by atoms with E-state index in [-0.39, 0.29) is 12.0 Å². The number of esters is 1. The summed E-state index contributed by atoms with van der Waals surface area (Å²) in [6.07, 6.45) is 0. The second kappa shape index (κ2) is 6.86. The van der Waals surface area contributed by atoms with Crippen molar-refractivity contribution in [2.24, 2.45) is 0 Å². The molecular formula is C13H19NO4. The second-order valence-corrected chi connectivity index (χ2v) is 3.85. The summed E-state index contributed by atoms with van der Waals surface area (Å²) in [7, 11) is 4.57. The van der Waals surface area contributed by atoms with E-state index in [1.807, 2.05) is 12.1 Å². The highest BCUT2D eigenvalue weighted by Gasteiger charge is 2.12. The highest BCUT2D eigenvalue weighted by Crippen LogP contribution is 2.22. The molecule has 0 saturated carbocycles. The fraction of sp³-hybridized carbons (Fsp3) is 0.462. The number of carbonyl (C=O) groups excluding carboxylic acids is 1. The van der Waals surface area contributed by atoms with Crippen molar-refractivity contribution >= 4 is 5.97 Å². The number of nitrogens with one attached hydrogen (secondary N) is 1. The van der Waals surface area contributed by atoms with Gasteiger partial charge in [0, 0.05) is 12.6 Å². The van der Waals surface area contributed by atoms with E-state index < -0.39 is 0 Å². The third-order valence-electron chi connectivity index (χ3n) is 2.58. The first kappa shape index (κ1) is 14.3. The van der Waals surface area contributed by atoms with E-state index in [2.05, 4.69) is 10.1 Å². The Morgan fingerprint density at radius 3 is 2.17 bits per heavy atom. The van der Waals surface area contributed by atoms with E-state index in [9.17, 15) is 4.79 Å². The van der Waals surface area contributed by atoms with Gasteiger partial charge in [-0.1, -0.05) is 0 Å². The Kier molecular flexibility index (Phi) is 5.45. The van der Waals surface area contributed by atoms with Crippen LogP contribution in [0.15, 0.2) is 18.2 Å². The number of hydrogen-bond acceptors (Lipinski definition) is 5. The minimum atomic E-state index is -0.354. The molecule has 0 aliphatic heterocycles. The van der Waals surface area contributed by atoms with Gasteiger partial charge in [-0.25, -0.2) is 0 Å². The molecule has 0 radical (unpaired) electrons. The van der Waals surface area contributed by atoms with Crippen molar-refractivity contribution in [1.29, 1.82) is 0 Å². The van der Waals surface area contributed by atoms with Crippen molar-refractivity contribution in [3.05, 3.63) is 23.8 Å². The Morgan fingerprint density at radius 2 is 1.72 bits per heavy atom. The molecule has 1 aromatic rings. The Balaban J connectivity index is 2.69. The van der Waals surface area contributed by atoms with Crippen LogP contribution in [0.25, 0.3) is 0 Å². The number of benzene rings is 1. The average Bonchev–Trinajstić information content (AvgIpc) is 2.43. The zero-order valence-electron chi connectivity index (χ0n) is 11.1. The standard InChI is InChI=1S/C13H19NO4/c1-9(13(15)18-4)14-8-10-5-11(16-2)7-12(6-10)17-3/h5-7,9,14H,8H2,1-4H3/t9-/m0/s1. The molecule has 0 bridgehead atoms. The molecule has 1 aromatic carbocycles. The lowest BCUT2D eigenvalue weighted by molar-refractivity contribution is -0.142. The lowest BCUT2D eigenvalue weighted by Gasteiger charge is -2.13. The largest absolute Gasteiger partial charge is 0.497 e. The molecule has 0 unspecified atom stereocenters. The number of rotatable bonds is 6. The molecule has 5 nitrogen and oxygen atoms in total. The normalized spacial score (nSPS) is 11.8. The van der Waals surface area contributed by atoms with E-state index in [0.29, 0.717) is 6.54 Å². The van der Waals surface area contributed by atoms with E-state index in [4.69, 9.17) is 9.47 Å². The minimum absolute atomic E-state index is 0.287. The van der Waals surface area contributed by atoms with Crippen LogP contribution in [0.4, 0.5) is 0 Å². The van der Waals surface area contributed by atoms with E-state index in [1.54, 1.807) is 27.2 Å². The van der Waals surface area contributed by atoms with Crippen molar-refractivity contribution in [1.82, 2.24) is 5.32 Å². The SMILES string of the molecule is COC(=O)[C@H](C)NCc1cc(OC)cc(OC)c1. The first-order chi connectivity index (χ1) is 8.60. The predicted molar refractivity (Wildman–Crippen MR) is 67.9 cm³/mol. The maximum absolute atomic E-state index is 11.2. The topological polar surface area (TPSA) is 56.8 Å². The fourth-order valence-electron chi connectivity index (χ4n) is 1.50. The van der Waals surface area contributed by atoms with Crippen LogP contribution in [0, 0.1) is 0 Å².